The van der Waals surface area contributed by atoms with Gasteiger partial charge in [0.2, 0.25) is 5.91 Å². The first-order valence-corrected chi connectivity index (χ1v) is 10.1. The lowest BCUT2D eigenvalue weighted by molar-refractivity contribution is -0.147. The number of carbonyl (C=O) groups is 3. The average molecular weight is 410 g/mol. The van der Waals surface area contributed by atoms with Crippen molar-refractivity contribution in [1.82, 2.24) is 5.32 Å². The number of hydrogen-bond donors (Lipinski definition) is 1. The van der Waals surface area contributed by atoms with Gasteiger partial charge in [0.05, 0.1) is 24.8 Å². The Kier molecular flexibility index (Phi) is 7.43. The molecule has 0 spiro atoms. The third kappa shape index (κ3) is 5.59. The van der Waals surface area contributed by atoms with E-state index in [0.717, 1.165) is 18.4 Å². The number of rotatable bonds is 8. The van der Waals surface area contributed by atoms with Gasteiger partial charge in [-0.05, 0) is 24.1 Å². The third-order valence-corrected chi connectivity index (χ3v) is 4.80. The molecule has 2 amide bonds. The summed E-state index contributed by atoms with van der Waals surface area (Å²) in [7, 11) is 0. The smallest absolute Gasteiger partial charge is 0.326 e. The van der Waals surface area contributed by atoms with E-state index in [1.165, 1.54) is 4.90 Å². The molecule has 158 valence electrons. The van der Waals surface area contributed by atoms with E-state index in [1.54, 1.807) is 24.3 Å². The molecule has 1 N–H and O–H groups in total. The molecule has 0 bridgehead atoms. The maximum Gasteiger partial charge on any atom is 0.326 e. The number of para-hydroxylation sites is 2. The zero-order valence-corrected chi connectivity index (χ0v) is 17.0. The van der Waals surface area contributed by atoms with Gasteiger partial charge in [-0.3, -0.25) is 19.3 Å². The lowest BCUT2D eigenvalue weighted by atomic mass is 10.0. The van der Waals surface area contributed by atoms with Crippen molar-refractivity contribution < 1.29 is 23.9 Å². The van der Waals surface area contributed by atoms with Crippen LogP contribution in [0.1, 0.15) is 37.8 Å². The Balaban J connectivity index is 1.56. The summed E-state index contributed by atoms with van der Waals surface area (Å²) in [6.07, 6.45) is 1.85. The number of hydrogen-bond acceptors (Lipinski definition) is 5. The highest BCUT2D eigenvalue weighted by Crippen LogP contribution is 2.30. The second-order valence-corrected chi connectivity index (χ2v) is 7.03. The summed E-state index contributed by atoms with van der Waals surface area (Å²) in [5.74, 6) is -0.717. The monoisotopic (exact) mass is 410 g/mol. The molecule has 0 aromatic heterocycles. The quantitative estimate of drug-likeness (QED) is 0.677. The van der Waals surface area contributed by atoms with Crippen molar-refractivity contribution in [3.05, 3.63) is 60.2 Å². The van der Waals surface area contributed by atoms with Crippen LogP contribution < -0.4 is 15.0 Å². The molecule has 7 nitrogen and oxygen atoms in total. The minimum absolute atomic E-state index is 0.140. The van der Waals surface area contributed by atoms with Gasteiger partial charge in [0.15, 0.2) is 6.61 Å². The lowest BCUT2D eigenvalue weighted by Gasteiger charge is -2.21. The van der Waals surface area contributed by atoms with Crippen molar-refractivity contribution >= 4 is 23.5 Å². The van der Waals surface area contributed by atoms with E-state index in [1.807, 2.05) is 37.3 Å². The van der Waals surface area contributed by atoms with Crippen LogP contribution in [-0.2, 0) is 19.1 Å². The number of ether oxygens (including phenoxy) is 2. The van der Waals surface area contributed by atoms with Gasteiger partial charge < -0.3 is 14.8 Å². The second kappa shape index (κ2) is 10.4. The van der Waals surface area contributed by atoms with Crippen LogP contribution in [0.5, 0.6) is 5.75 Å². The molecular weight excluding hydrogens is 384 g/mol. The zero-order chi connectivity index (χ0) is 21.3. The summed E-state index contributed by atoms with van der Waals surface area (Å²) in [5.41, 5.74) is 1.53. The van der Waals surface area contributed by atoms with E-state index in [2.05, 4.69) is 5.32 Å². The van der Waals surface area contributed by atoms with Crippen molar-refractivity contribution in [2.24, 2.45) is 0 Å². The predicted octanol–water partition coefficient (Wildman–Crippen LogP) is 3.00. The Morgan fingerprint density at radius 2 is 1.87 bits per heavy atom. The van der Waals surface area contributed by atoms with Crippen LogP contribution in [0.2, 0.25) is 0 Å². The topological polar surface area (TPSA) is 84.9 Å². The number of esters is 1. The van der Waals surface area contributed by atoms with Crippen LogP contribution in [0.4, 0.5) is 5.69 Å². The molecule has 3 rings (SSSR count). The number of amides is 2. The van der Waals surface area contributed by atoms with Gasteiger partial charge in [-0.25, -0.2) is 0 Å². The van der Waals surface area contributed by atoms with E-state index in [0.29, 0.717) is 11.4 Å². The summed E-state index contributed by atoms with van der Waals surface area (Å²) in [6, 6.07) is 16.6. The SMILES string of the molecule is CCC[C@@H](NC(=O)COC(=O)CN1C(=O)CCOc2ccccc21)c1ccccc1. The first-order chi connectivity index (χ1) is 14.6. The van der Waals surface area contributed by atoms with Gasteiger partial charge in [-0.2, -0.15) is 0 Å². The van der Waals surface area contributed by atoms with Crippen LogP contribution in [0.25, 0.3) is 0 Å². The fourth-order valence-corrected chi connectivity index (χ4v) is 3.35. The lowest BCUT2D eigenvalue weighted by Crippen LogP contribution is -2.38. The molecule has 0 saturated carbocycles. The van der Waals surface area contributed by atoms with E-state index in [9.17, 15) is 14.4 Å². The summed E-state index contributed by atoms with van der Waals surface area (Å²) >= 11 is 0. The Bertz CT molecular complexity index is 884. The van der Waals surface area contributed by atoms with Crippen LogP contribution in [-0.4, -0.2) is 37.5 Å². The normalized spacial score (nSPS) is 14.2. The third-order valence-electron chi connectivity index (χ3n) is 4.80. The van der Waals surface area contributed by atoms with Crippen LogP contribution in [0, 0.1) is 0 Å². The number of anilines is 1. The molecule has 7 heteroatoms. The maximum atomic E-state index is 12.4. The molecular formula is C23H26N2O5. The second-order valence-electron chi connectivity index (χ2n) is 7.03. The molecule has 0 saturated heterocycles. The zero-order valence-electron chi connectivity index (χ0n) is 17.0. The molecule has 2 aromatic carbocycles. The average Bonchev–Trinajstić information content (AvgIpc) is 2.91. The molecule has 1 aliphatic rings. The molecule has 0 fully saturated rings. The minimum atomic E-state index is -0.651. The summed E-state index contributed by atoms with van der Waals surface area (Å²) in [4.78, 5) is 38.4. The number of fused-ring (bicyclic) bond motifs is 1. The van der Waals surface area contributed by atoms with E-state index < -0.39 is 12.6 Å². The van der Waals surface area contributed by atoms with Gasteiger partial charge in [-0.15, -0.1) is 0 Å². The molecule has 0 aliphatic carbocycles. The fourth-order valence-electron chi connectivity index (χ4n) is 3.35. The van der Waals surface area contributed by atoms with Crippen molar-refractivity contribution in [3.8, 4) is 5.75 Å². The molecule has 2 aromatic rings. The van der Waals surface area contributed by atoms with E-state index in [4.69, 9.17) is 9.47 Å². The Hall–Kier alpha value is -3.35. The number of nitrogens with one attached hydrogen (secondary N) is 1. The highest BCUT2D eigenvalue weighted by Gasteiger charge is 2.26. The molecule has 0 radical (unpaired) electrons. The van der Waals surface area contributed by atoms with Gasteiger partial charge in [0.1, 0.15) is 12.3 Å². The van der Waals surface area contributed by atoms with Crippen LogP contribution in [0.3, 0.4) is 0 Å². The van der Waals surface area contributed by atoms with Gasteiger partial charge >= 0.3 is 5.97 Å². The molecule has 0 unspecified atom stereocenters. The fraction of sp³-hybridized carbons (Fsp3) is 0.348. The first-order valence-electron chi connectivity index (χ1n) is 10.1. The minimum Gasteiger partial charge on any atom is -0.491 e. The van der Waals surface area contributed by atoms with Gasteiger partial charge in [0.25, 0.3) is 5.91 Å². The molecule has 1 heterocycles. The Morgan fingerprint density at radius 1 is 1.13 bits per heavy atom. The van der Waals surface area contributed by atoms with Crippen molar-refractivity contribution in [3.63, 3.8) is 0 Å². The number of benzene rings is 2. The largest absolute Gasteiger partial charge is 0.491 e. The molecule has 1 aliphatic heterocycles. The summed E-state index contributed by atoms with van der Waals surface area (Å²) in [6.45, 7) is 1.62. The number of carbonyl (C=O) groups excluding carboxylic acids is 3. The highest BCUT2D eigenvalue weighted by atomic mass is 16.5. The van der Waals surface area contributed by atoms with E-state index >= 15 is 0 Å². The molecule has 30 heavy (non-hydrogen) atoms. The van der Waals surface area contributed by atoms with Gasteiger partial charge in [0, 0.05) is 0 Å². The van der Waals surface area contributed by atoms with Crippen LogP contribution in [0.15, 0.2) is 54.6 Å². The number of nitrogens with zero attached hydrogens (tertiary/aromatic N) is 1. The van der Waals surface area contributed by atoms with Crippen molar-refractivity contribution in [1.29, 1.82) is 0 Å². The predicted molar refractivity (Wildman–Crippen MR) is 112 cm³/mol. The van der Waals surface area contributed by atoms with Crippen LogP contribution >= 0.6 is 0 Å². The highest BCUT2D eigenvalue weighted by molar-refractivity contribution is 5.99. The van der Waals surface area contributed by atoms with Gasteiger partial charge in [-0.1, -0.05) is 55.8 Å². The van der Waals surface area contributed by atoms with Crippen molar-refractivity contribution in [2.45, 2.75) is 32.2 Å². The van der Waals surface area contributed by atoms with E-state index in [-0.39, 0.29) is 37.4 Å². The first kappa shape index (κ1) is 21.4. The maximum absolute atomic E-state index is 12.4. The van der Waals surface area contributed by atoms with Crippen molar-refractivity contribution in [2.75, 3.05) is 24.7 Å². The summed E-state index contributed by atoms with van der Waals surface area (Å²) < 4.78 is 10.7. The Labute approximate surface area is 176 Å². The Morgan fingerprint density at radius 3 is 2.63 bits per heavy atom. The summed E-state index contributed by atoms with van der Waals surface area (Å²) in [5, 5.41) is 2.91. The molecule has 1 atom stereocenters. The standard InChI is InChI=1S/C23H26N2O5/c1-2-8-18(17-9-4-3-5-10-17)24-21(26)16-30-23(28)15-25-19-11-6-7-12-20(19)29-14-13-22(25)27/h3-7,9-12,18H,2,8,13-16H2,1H3,(H,24,26)/t18-/m1/s1.